The Bertz CT molecular complexity index is 869. The summed E-state index contributed by atoms with van der Waals surface area (Å²) in [5.41, 5.74) is 2.31. The molecule has 2 aromatic carbocycles. The van der Waals surface area contributed by atoms with Crippen molar-refractivity contribution in [2.75, 3.05) is 12.4 Å². The Morgan fingerprint density at radius 3 is 2.42 bits per heavy atom. The van der Waals surface area contributed by atoms with Crippen molar-refractivity contribution >= 4 is 23.2 Å². The van der Waals surface area contributed by atoms with Crippen molar-refractivity contribution in [3.63, 3.8) is 0 Å². The second-order valence-electron chi connectivity index (χ2n) is 5.54. The van der Waals surface area contributed by atoms with Gasteiger partial charge in [-0.3, -0.25) is 4.79 Å². The zero-order valence-electron chi connectivity index (χ0n) is 14.2. The minimum atomic E-state index is -0.215. The molecule has 6 heteroatoms. The number of ether oxygens (including phenoxy) is 1. The summed E-state index contributed by atoms with van der Waals surface area (Å²) >= 11 is 5.99. The Morgan fingerprint density at radius 1 is 1.08 bits per heavy atom. The molecule has 0 fully saturated rings. The van der Waals surface area contributed by atoms with Crippen molar-refractivity contribution in [2.24, 2.45) is 0 Å². The molecule has 0 atom stereocenters. The first-order chi connectivity index (χ1) is 12.2. The maximum Gasteiger partial charge on any atom is 0.256 e. The van der Waals surface area contributed by atoms with Gasteiger partial charge in [0.2, 0.25) is 0 Å². The molecule has 134 valence electrons. The van der Waals surface area contributed by atoms with Crippen molar-refractivity contribution in [1.29, 1.82) is 0 Å². The van der Waals surface area contributed by atoms with E-state index in [1.807, 2.05) is 35.2 Å². The molecule has 1 heterocycles. The average Bonchev–Trinajstić information content (AvgIpc) is 2.63. The van der Waals surface area contributed by atoms with Crippen molar-refractivity contribution < 1.29 is 26.5 Å². The van der Waals surface area contributed by atoms with Crippen molar-refractivity contribution in [1.82, 2.24) is 0 Å². The van der Waals surface area contributed by atoms with E-state index in [9.17, 15) is 4.79 Å². The number of amides is 1. The predicted octanol–water partition coefficient (Wildman–Crippen LogP) is 0.941. The maximum absolute atomic E-state index is 12.4. The smallest absolute Gasteiger partial charge is 0.256 e. The number of aromatic nitrogens is 1. The predicted molar refractivity (Wildman–Crippen MR) is 98.1 cm³/mol. The molecule has 0 spiro atoms. The molecule has 26 heavy (non-hydrogen) atoms. The van der Waals surface area contributed by atoms with E-state index in [4.69, 9.17) is 16.3 Å². The highest BCUT2D eigenvalue weighted by atomic mass is 35.5. The normalized spacial score (nSPS) is 9.92. The molecular weight excluding hydrogens is 371 g/mol. The van der Waals surface area contributed by atoms with Gasteiger partial charge in [0.1, 0.15) is 5.75 Å². The van der Waals surface area contributed by atoms with Crippen LogP contribution < -0.4 is 27.0 Å². The van der Waals surface area contributed by atoms with Crippen LogP contribution in [-0.2, 0) is 6.54 Å². The maximum atomic E-state index is 12.4. The largest absolute Gasteiger partial charge is 1.00 e. The first kappa shape index (κ1) is 19.8. The summed E-state index contributed by atoms with van der Waals surface area (Å²) in [7, 11) is 1.55. The summed E-state index contributed by atoms with van der Waals surface area (Å²) in [5.74, 6) is 0.347. The van der Waals surface area contributed by atoms with Gasteiger partial charge in [0.15, 0.2) is 18.9 Å². The topological polar surface area (TPSA) is 42.2 Å². The third-order valence-corrected chi connectivity index (χ3v) is 4.01. The summed E-state index contributed by atoms with van der Waals surface area (Å²) in [6, 6.07) is 18.8. The first-order valence-corrected chi connectivity index (χ1v) is 8.21. The molecule has 0 bridgehead atoms. The molecule has 0 unspecified atom stereocenters. The Morgan fingerprint density at radius 2 is 1.77 bits per heavy atom. The molecule has 0 saturated carbocycles. The molecule has 0 aliphatic heterocycles. The van der Waals surface area contributed by atoms with Crippen LogP contribution in [0.5, 0.6) is 5.75 Å². The zero-order valence-corrected chi connectivity index (χ0v) is 15.7. The molecule has 0 aliphatic rings. The number of hydrogen-bond acceptors (Lipinski definition) is 2. The van der Waals surface area contributed by atoms with Gasteiger partial charge in [-0.25, -0.2) is 4.57 Å². The Kier molecular flexibility index (Phi) is 7.01. The number of carbonyl (C=O) groups is 1. The first-order valence-electron chi connectivity index (χ1n) is 7.83. The van der Waals surface area contributed by atoms with Crippen molar-refractivity contribution in [3.05, 3.63) is 89.2 Å². The summed E-state index contributed by atoms with van der Waals surface area (Å²) < 4.78 is 7.27. The van der Waals surface area contributed by atoms with Crippen LogP contribution in [0.2, 0.25) is 5.02 Å². The lowest BCUT2D eigenvalue weighted by molar-refractivity contribution is -0.688. The monoisotopic (exact) mass is 388 g/mol. The highest BCUT2D eigenvalue weighted by Crippen LogP contribution is 2.28. The van der Waals surface area contributed by atoms with E-state index < -0.39 is 0 Å². The zero-order chi connectivity index (χ0) is 17.6. The van der Waals surface area contributed by atoms with Crippen LogP contribution in [0.25, 0.3) is 0 Å². The molecule has 3 rings (SSSR count). The molecule has 3 aromatic rings. The molecule has 1 aromatic heterocycles. The lowest BCUT2D eigenvalue weighted by Crippen LogP contribution is -3.00. The fraction of sp³-hybridized carbons (Fsp3) is 0.100. The number of hydrogen-bond donors (Lipinski definition) is 1. The van der Waals surface area contributed by atoms with E-state index >= 15 is 0 Å². The Hall–Kier alpha value is -2.56. The van der Waals surface area contributed by atoms with Gasteiger partial charge in [0.05, 0.1) is 18.4 Å². The lowest BCUT2D eigenvalue weighted by Gasteiger charge is -2.10. The molecule has 0 radical (unpaired) electrons. The average molecular weight is 389 g/mol. The molecule has 1 N–H and O–H groups in total. The van der Waals surface area contributed by atoms with Gasteiger partial charge in [-0.1, -0.05) is 41.9 Å². The van der Waals surface area contributed by atoms with E-state index in [2.05, 4.69) is 17.4 Å². The van der Waals surface area contributed by atoms with Crippen LogP contribution in [0.4, 0.5) is 5.69 Å². The number of nitrogens with zero attached hydrogens (tertiary/aromatic N) is 1. The Balaban J connectivity index is 0.00000243. The van der Waals surface area contributed by atoms with Gasteiger partial charge < -0.3 is 22.5 Å². The summed E-state index contributed by atoms with van der Waals surface area (Å²) in [6.45, 7) is 0.755. The van der Waals surface area contributed by atoms with Crippen LogP contribution in [0.3, 0.4) is 0 Å². The fourth-order valence-electron chi connectivity index (χ4n) is 2.48. The van der Waals surface area contributed by atoms with Crippen molar-refractivity contribution in [2.45, 2.75) is 6.54 Å². The van der Waals surface area contributed by atoms with Crippen LogP contribution in [0.15, 0.2) is 73.1 Å². The van der Waals surface area contributed by atoms with Gasteiger partial charge >= 0.3 is 0 Å². The summed E-state index contributed by atoms with van der Waals surface area (Å²) in [6.07, 6.45) is 3.77. The van der Waals surface area contributed by atoms with Crippen LogP contribution in [-0.4, -0.2) is 13.0 Å². The van der Waals surface area contributed by atoms with Crippen LogP contribution in [0.1, 0.15) is 15.9 Å². The number of methoxy groups -OCH3 is 1. The quantitative estimate of drug-likeness (QED) is 0.661. The molecular formula is C20H18Cl2N2O2. The highest BCUT2D eigenvalue weighted by molar-refractivity contribution is 6.31. The van der Waals surface area contributed by atoms with Gasteiger partial charge in [0, 0.05) is 22.7 Å². The van der Waals surface area contributed by atoms with E-state index in [0.717, 1.165) is 6.54 Å². The minimum Gasteiger partial charge on any atom is -1.00 e. The highest BCUT2D eigenvalue weighted by Gasteiger charge is 2.12. The third kappa shape index (κ3) is 4.97. The fourth-order valence-corrected chi connectivity index (χ4v) is 2.65. The van der Waals surface area contributed by atoms with Gasteiger partial charge in [-0.2, -0.15) is 0 Å². The number of halogens is 2. The van der Waals surface area contributed by atoms with Gasteiger partial charge in [-0.15, -0.1) is 0 Å². The van der Waals surface area contributed by atoms with E-state index in [1.54, 1.807) is 37.4 Å². The van der Waals surface area contributed by atoms with E-state index in [0.29, 0.717) is 22.0 Å². The summed E-state index contributed by atoms with van der Waals surface area (Å²) in [5, 5.41) is 3.36. The SMILES string of the molecule is COc1ccc(Cl)cc1NC(=O)c1cc[n+](Cc2ccccc2)cc1.[Cl-]. The number of rotatable bonds is 5. The molecule has 0 aliphatic carbocycles. The number of benzene rings is 2. The standard InChI is InChI=1S/C20H17ClN2O2.ClH/c1-25-19-8-7-17(21)13-18(19)22-20(24)16-9-11-23(12-10-16)14-15-5-3-2-4-6-15;/h2-13H,14H2,1H3;1H. The second-order valence-corrected chi connectivity index (χ2v) is 5.98. The summed E-state index contributed by atoms with van der Waals surface area (Å²) in [4.78, 5) is 12.4. The minimum absolute atomic E-state index is 0. The number of pyridine rings is 1. The Labute approximate surface area is 163 Å². The number of nitrogens with one attached hydrogen (secondary N) is 1. The van der Waals surface area contributed by atoms with Crippen LogP contribution in [0, 0.1) is 0 Å². The van der Waals surface area contributed by atoms with E-state index in [1.165, 1.54) is 5.56 Å². The molecule has 4 nitrogen and oxygen atoms in total. The van der Waals surface area contributed by atoms with Crippen LogP contribution >= 0.6 is 11.6 Å². The third-order valence-electron chi connectivity index (χ3n) is 3.77. The second kappa shape index (κ2) is 9.22. The van der Waals surface area contributed by atoms with Gasteiger partial charge in [-0.05, 0) is 18.2 Å². The van der Waals surface area contributed by atoms with E-state index in [-0.39, 0.29) is 18.3 Å². The number of anilines is 1. The van der Waals surface area contributed by atoms with Gasteiger partial charge in [0.25, 0.3) is 5.91 Å². The molecule has 0 saturated heterocycles. The lowest BCUT2D eigenvalue weighted by atomic mass is 10.2. The molecule has 1 amide bonds. The van der Waals surface area contributed by atoms with Crippen molar-refractivity contribution in [3.8, 4) is 5.75 Å². The number of carbonyl (C=O) groups excluding carboxylic acids is 1.